The van der Waals surface area contributed by atoms with Crippen molar-refractivity contribution in [1.82, 2.24) is 5.32 Å². The summed E-state index contributed by atoms with van der Waals surface area (Å²) in [6.45, 7) is 4.24. The van der Waals surface area contributed by atoms with Crippen LogP contribution in [0.2, 0.25) is 0 Å². The summed E-state index contributed by atoms with van der Waals surface area (Å²) in [4.78, 5) is 12.5. The van der Waals surface area contributed by atoms with Crippen molar-refractivity contribution in [3.05, 3.63) is 12.2 Å². The van der Waals surface area contributed by atoms with E-state index in [1.807, 2.05) is 6.08 Å². The van der Waals surface area contributed by atoms with E-state index in [0.29, 0.717) is 6.42 Å². The van der Waals surface area contributed by atoms with Crippen LogP contribution in [0, 0.1) is 0 Å². The Bertz CT molecular complexity index is 758. The fraction of sp³-hybridized carbons (Fsp3) is 0.939. The topological polar surface area (TPSA) is 89.8 Å². The fourth-order valence-corrected chi connectivity index (χ4v) is 7.81. The molecule has 0 aromatic rings. The first kappa shape index (κ1) is 53.1. The number of amides is 1. The highest BCUT2D eigenvalue weighted by atomic mass is 16.3. The molecular weight excluding hydrogens is 667 g/mol. The Morgan fingerprint density at radius 3 is 1.07 bits per heavy atom. The van der Waals surface area contributed by atoms with Gasteiger partial charge in [0.1, 0.15) is 0 Å². The van der Waals surface area contributed by atoms with Crippen LogP contribution in [0.1, 0.15) is 271 Å². The van der Waals surface area contributed by atoms with Gasteiger partial charge in [-0.25, -0.2) is 0 Å². The maximum atomic E-state index is 12.5. The van der Waals surface area contributed by atoms with Crippen molar-refractivity contribution in [1.29, 1.82) is 0 Å². The number of allylic oxidation sites excluding steroid dienone is 1. The van der Waals surface area contributed by atoms with E-state index in [1.54, 1.807) is 6.08 Å². The molecule has 0 saturated heterocycles. The molecular formula is C49H97NO4. The highest BCUT2D eigenvalue weighted by molar-refractivity contribution is 5.76. The molecule has 0 aliphatic rings. The number of aliphatic hydroxyl groups is 3. The number of hydrogen-bond acceptors (Lipinski definition) is 4. The zero-order valence-electron chi connectivity index (χ0n) is 36.6. The lowest BCUT2D eigenvalue weighted by atomic mass is 10.0. The van der Waals surface area contributed by atoms with Gasteiger partial charge < -0.3 is 20.6 Å². The summed E-state index contributed by atoms with van der Waals surface area (Å²) < 4.78 is 0. The number of carbonyl (C=O) groups excluding carboxylic acids is 1. The number of nitrogens with one attached hydrogen (secondary N) is 1. The molecule has 5 nitrogen and oxygen atoms in total. The summed E-state index contributed by atoms with van der Waals surface area (Å²) in [6, 6.07) is -0.740. The third-order valence-corrected chi connectivity index (χ3v) is 11.6. The van der Waals surface area contributed by atoms with Crippen LogP contribution in [-0.2, 0) is 4.79 Å². The fourth-order valence-electron chi connectivity index (χ4n) is 7.81. The van der Waals surface area contributed by atoms with E-state index in [9.17, 15) is 20.1 Å². The van der Waals surface area contributed by atoms with Gasteiger partial charge in [0.15, 0.2) is 0 Å². The number of unbranched alkanes of at least 4 members (excludes halogenated alkanes) is 36. The Hall–Kier alpha value is -0.910. The van der Waals surface area contributed by atoms with Crippen LogP contribution in [0.4, 0.5) is 0 Å². The van der Waals surface area contributed by atoms with Gasteiger partial charge in [-0.05, 0) is 19.3 Å². The second-order valence-corrected chi connectivity index (χ2v) is 17.1. The van der Waals surface area contributed by atoms with E-state index in [4.69, 9.17) is 0 Å². The summed E-state index contributed by atoms with van der Waals surface area (Å²) in [7, 11) is 0. The average Bonchev–Trinajstić information content (AvgIpc) is 3.16. The van der Waals surface area contributed by atoms with E-state index < -0.39 is 18.2 Å². The number of rotatable bonds is 45. The first-order valence-electron chi connectivity index (χ1n) is 24.5. The standard InChI is InChI=1S/C49H97NO4/c1-3-5-7-9-11-13-15-17-19-21-23-24-25-27-29-31-33-35-37-39-41-43-48(53)47(45-51)50-49(54)44-46(52)42-40-38-36-34-32-30-28-26-22-20-18-16-14-12-10-8-6-4-2/h41,43,46-48,51-53H,3-40,42,44-45H2,1-2H3,(H,50,54)/b43-41+. The highest BCUT2D eigenvalue weighted by Crippen LogP contribution is 2.17. The number of carbonyl (C=O) groups is 1. The first-order chi connectivity index (χ1) is 26.5. The van der Waals surface area contributed by atoms with Crippen LogP contribution in [0.3, 0.4) is 0 Å². The van der Waals surface area contributed by atoms with Crippen LogP contribution < -0.4 is 5.32 Å². The van der Waals surface area contributed by atoms with Crippen molar-refractivity contribution >= 4 is 5.91 Å². The van der Waals surface area contributed by atoms with Crippen molar-refractivity contribution in [3.63, 3.8) is 0 Å². The van der Waals surface area contributed by atoms with Gasteiger partial charge in [-0.2, -0.15) is 0 Å². The van der Waals surface area contributed by atoms with Crippen molar-refractivity contribution in [2.75, 3.05) is 6.61 Å². The average molecular weight is 764 g/mol. The van der Waals surface area contributed by atoms with E-state index in [1.165, 1.54) is 218 Å². The molecule has 0 spiro atoms. The molecule has 1 amide bonds. The monoisotopic (exact) mass is 764 g/mol. The van der Waals surface area contributed by atoms with Gasteiger partial charge in [-0.3, -0.25) is 4.79 Å². The Morgan fingerprint density at radius 2 is 0.759 bits per heavy atom. The predicted molar refractivity (Wildman–Crippen MR) is 236 cm³/mol. The zero-order valence-corrected chi connectivity index (χ0v) is 36.6. The van der Waals surface area contributed by atoms with Gasteiger partial charge in [0.2, 0.25) is 5.91 Å². The Morgan fingerprint density at radius 1 is 0.463 bits per heavy atom. The molecule has 3 atom stereocenters. The quantitative estimate of drug-likeness (QED) is 0.0367. The summed E-state index contributed by atoms with van der Waals surface area (Å²) in [5, 5.41) is 33.3. The van der Waals surface area contributed by atoms with Crippen molar-refractivity contribution in [2.45, 2.75) is 289 Å². The van der Waals surface area contributed by atoms with Gasteiger partial charge in [-0.1, -0.05) is 257 Å². The van der Waals surface area contributed by atoms with Crippen LogP contribution in [0.5, 0.6) is 0 Å². The molecule has 0 radical (unpaired) electrons. The molecule has 0 fully saturated rings. The maximum absolute atomic E-state index is 12.5. The van der Waals surface area contributed by atoms with E-state index >= 15 is 0 Å². The molecule has 0 bridgehead atoms. The molecule has 0 heterocycles. The SMILES string of the molecule is CCCCCCCCCCCCCCCCCCCCC/C=C/C(O)C(CO)NC(=O)CC(O)CCCCCCCCCCCCCCCCCCCC. The minimum absolute atomic E-state index is 0.0191. The molecule has 0 aliphatic heterocycles. The Labute approximate surface area is 338 Å². The van der Waals surface area contributed by atoms with E-state index in [-0.39, 0.29) is 18.9 Å². The predicted octanol–water partition coefficient (Wildman–Crippen LogP) is 14.4. The van der Waals surface area contributed by atoms with Crippen molar-refractivity contribution in [3.8, 4) is 0 Å². The van der Waals surface area contributed by atoms with Crippen molar-refractivity contribution in [2.24, 2.45) is 0 Å². The number of aliphatic hydroxyl groups excluding tert-OH is 3. The summed E-state index contributed by atoms with van der Waals surface area (Å²) in [6.07, 6.45) is 53.7. The van der Waals surface area contributed by atoms with Gasteiger partial charge in [-0.15, -0.1) is 0 Å². The second kappa shape index (κ2) is 44.8. The Kier molecular flexibility index (Phi) is 44.0. The molecule has 5 heteroatoms. The van der Waals surface area contributed by atoms with E-state index in [0.717, 1.165) is 25.7 Å². The van der Waals surface area contributed by atoms with Crippen LogP contribution in [0.25, 0.3) is 0 Å². The van der Waals surface area contributed by atoms with Crippen LogP contribution in [0.15, 0.2) is 12.2 Å². The lowest BCUT2D eigenvalue weighted by Gasteiger charge is -2.21. The molecule has 4 N–H and O–H groups in total. The highest BCUT2D eigenvalue weighted by Gasteiger charge is 2.20. The smallest absolute Gasteiger partial charge is 0.222 e. The van der Waals surface area contributed by atoms with Gasteiger partial charge in [0.05, 0.1) is 31.3 Å². The molecule has 54 heavy (non-hydrogen) atoms. The first-order valence-corrected chi connectivity index (χ1v) is 24.5. The van der Waals surface area contributed by atoms with Crippen molar-refractivity contribution < 1.29 is 20.1 Å². The molecule has 0 rings (SSSR count). The summed E-state index contributed by atoms with van der Waals surface area (Å²) in [5.41, 5.74) is 0. The second-order valence-electron chi connectivity index (χ2n) is 17.1. The molecule has 0 aliphatic carbocycles. The molecule has 0 saturated carbocycles. The normalized spacial score (nSPS) is 13.5. The Balaban J connectivity index is 3.60. The lowest BCUT2D eigenvalue weighted by Crippen LogP contribution is -2.45. The molecule has 0 aromatic carbocycles. The largest absolute Gasteiger partial charge is 0.394 e. The zero-order chi connectivity index (χ0) is 39.4. The minimum atomic E-state index is -0.925. The maximum Gasteiger partial charge on any atom is 0.222 e. The van der Waals surface area contributed by atoms with Crippen LogP contribution in [-0.4, -0.2) is 46.1 Å². The van der Waals surface area contributed by atoms with E-state index in [2.05, 4.69) is 19.2 Å². The van der Waals surface area contributed by atoms with Crippen LogP contribution >= 0.6 is 0 Å². The number of hydrogen-bond donors (Lipinski definition) is 4. The lowest BCUT2D eigenvalue weighted by molar-refractivity contribution is -0.124. The summed E-state index contributed by atoms with van der Waals surface area (Å²) >= 11 is 0. The van der Waals surface area contributed by atoms with Gasteiger partial charge >= 0.3 is 0 Å². The third-order valence-electron chi connectivity index (χ3n) is 11.6. The summed E-state index contributed by atoms with van der Waals surface area (Å²) in [5.74, 6) is -0.310. The molecule has 3 unspecified atom stereocenters. The van der Waals surface area contributed by atoms with Gasteiger partial charge in [0, 0.05) is 0 Å². The minimum Gasteiger partial charge on any atom is -0.394 e. The molecule has 322 valence electrons. The van der Waals surface area contributed by atoms with Gasteiger partial charge in [0.25, 0.3) is 0 Å². The molecule has 0 aromatic heterocycles. The third kappa shape index (κ3) is 40.7.